The number of aliphatic imine (C=N–C) groups is 1. The molecule has 0 atom stereocenters. The molecule has 1 aliphatic rings. The third-order valence-electron chi connectivity index (χ3n) is 4.55. The van der Waals surface area contributed by atoms with Crippen molar-refractivity contribution in [2.45, 2.75) is 45.1 Å². The lowest BCUT2D eigenvalue weighted by atomic mass is 10.2. The van der Waals surface area contributed by atoms with Crippen molar-refractivity contribution in [3.05, 3.63) is 40.7 Å². The van der Waals surface area contributed by atoms with Crippen molar-refractivity contribution >= 4 is 17.6 Å². The van der Waals surface area contributed by atoms with Gasteiger partial charge in [0.2, 0.25) is 0 Å². The summed E-state index contributed by atoms with van der Waals surface area (Å²) in [5, 5.41) is 15.9. The van der Waals surface area contributed by atoms with Gasteiger partial charge in [0.05, 0.1) is 0 Å². The molecule has 0 radical (unpaired) electrons. The van der Waals surface area contributed by atoms with Gasteiger partial charge in [0, 0.05) is 45.7 Å². The third kappa shape index (κ3) is 5.17. The summed E-state index contributed by atoms with van der Waals surface area (Å²) in [7, 11) is 1.78. The molecule has 0 aliphatic carbocycles. The molecule has 0 fully saturated rings. The molecule has 3 rings (SSSR count). The maximum absolute atomic E-state index is 5.80. The minimum Gasteiger partial charge on any atom is -0.356 e. The summed E-state index contributed by atoms with van der Waals surface area (Å²) in [6.07, 6.45) is 8.27. The van der Waals surface area contributed by atoms with E-state index in [1.165, 1.54) is 19.3 Å². The van der Waals surface area contributed by atoms with Gasteiger partial charge in [0.15, 0.2) is 5.96 Å². The van der Waals surface area contributed by atoms with Gasteiger partial charge in [-0.05, 0) is 30.9 Å². The zero-order valence-electron chi connectivity index (χ0n) is 15.2. The molecule has 0 amide bonds. The van der Waals surface area contributed by atoms with E-state index in [-0.39, 0.29) is 0 Å². The van der Waals surface area contributed by atoms with E-state index < -0.39 is 0 Å². The maximum Gasteiger partial charge on any atom is 0.191 e. The maximum atomic E-state index is 5.80. The lowest BCUT2D eigenvalue weighted by Gasteiger charge is -2.12. The van der Waals surface area contributed by atoms with Crippen molar-refractivity contribution in [1.82, 2.24) is 30.4 Å². The largest absolute Gasteiger partial charge is 0.356 e. The van der Waals surface area contributed by atoms with Crippen LogP contribution < -0.4 is 10.6 Å². The van der Waals surface area contributed by atoms with Crippen LogP contribution in [0.4, 0.5) is 0 Å². The zero-order chi connectivity index (χ0) is 18.2. The predicted molar refractivity (Wildman–Crippen MR) is 104 cm³/mol. The predicted octanol–water partition coefficient (Wildman–Crippen LogP) is 2.00. The average molecular weight is 376 g/mol. The number of aryl methyl sites for hydroxylation is 1. The second kappa shape index (κ2) is 9.52. The topological polar surface area (TPSA) is 80.0 Å². The lowest BCUT2D eigenvalue weighted by Crippen LogP contribution is -2.39. The van der Waals surface area contributed by atoms with Crippen LogP contribution in [-0.2, 0) is 25.8 Å². The number of nitrogens with zero attached hydrogens (tertiary/aromatic N) is 5. The van der Waals surface area contributed by atoms with Crippen molar-refractivity contribution in [3.63, 3.8) is 0 Å². The van der Waals surface area contributed by atoms with Gasteiger partial charge in [-0.25, -0.2) is 4.98 Å². The van der Waals surface area contributed by atoms with Crippen LogP contribution in [0.2, 0.25) is 5.15 Å². The molecule has 0 saturated carbocycles. The quantitative estimate of drug-likeness (QED) is 0.458. The Morgan fingerprint density at radius 2 is 2.00 bits per heavy atom. The van der Waals surface area contributed by atoms with Gasteiger partial charge in [-0.15, -0.1) is 10.2 Å². The summed E-state index contributed by atoms with van der Waals surface area (Å²) in [6, 6.07) is 3.80. The van der Waals surface area contributed by atoms with Crippen molar-refractivity contribution in [2.24, 2.45) is 4.99 Å². The summed E-state index contributed by atoms with van der Waals surface area (Å²) in [6.45, 7) is 2.60. The monoisotopic (exact) mass is 375 g/mol. The fourth-order valence-electron chi connectivity index (χ4n) is 3.12. The number of nitrogens with one attached hydrogen (secondary N) is 2. The Morgan fingerprint density at radius 1 is 1.15 bits per heavy atom. The minimum absolute atomic E-state index is 0.519. The molecule has 0 spiro atoms. The number of halogens is 1. The second-order valence-corrected chi connectivity index (χ2v) is 6.80. The molecular weight excluding hydrogens is 350 g/mol. The normalized spacial score (nSPS) is 14.6. The van der Waals surface area contributed by atoms with Gasteiger partial charge < -0.3 is 15.2 Å². The number of hydrogen-bond donors (Lipinski definition) is 2. The number of aromatic nitrogens is 4. The fourth-order valence-corrected chi connectivity index (χ4v) is 3.23. The second-order valence-electron chi connectivity index (χ2n) is 6.41. The highest BCUT2D eigenvalue weighted by atomic mass is 35.5. The first-order valence-corrected chi connectivity index (χ1v) is 9.60. The number of guanidine groups is 1. The van der Waals surface area contributed by atoms with E-state index in [1.54, 1.807) is 13.2 Å². The van der Waals surface area contributed by atoms with Gasteiger partial charge >= 0.3 is 0 Å². The first-order chi connectivity index (χ1) is 12.8. The molecule has 0 unspecified atom stereocenters. The van der Waals surface area contributed by atoms with E-state index >= 15 is 0 Å². The smallest absolute Gasteiger partial charge is 0.191 e. The first-order valence-electron chi connectivity index (χ1n) is 9.22. The molecule has 0 bridgehead atoms. The van der Waals surface area contributed by atoms with E-state index in [1.807, 2.05) is 12.1 Å². The van der Waals surface area contributed by atoms with Crippen LogP contribution in [0.15, 0.2) is 23.3 Å². The van der Waals surface area contributed by atoms with Gasteiger partial charge in [0.1, 0.15) is 16.8 Å². The van der Waals surface area contributed by atoms with Crippen molar-refractivity contribution in [1.29, 1.82) is 0 Å². The summed E-state index contributed by atoms with van der Waals surface area (Å²) in [5.41, 5.74) is 1.14. The van der Waals surface area contributed by atoms with E-state index in [0.29, 0.717) is 5.15 Å². The van der Waals surface area contributed by atoms with E-state index in [4.69, 9.17) is 11.6 Å². The van der Waals surface area contributed by atoms with Crippen LogP contribution >= 0.6 is 11.6 Å². The van der Waals surface area contributed by atoms with Crippen LogP contribution in [0.5, 0.6) is 0 Å². The standard InChI is InChI=1S/C18H26ClN7/c1-20-18(21-10-8-14-6-7-15(19)23-13-14)22-11-9-17-25-24-16-5-3-2-4-12-26(16)17/h6-7,13H,2-5,8-12H2,1H3,(H2,20,21,22). The van der Waals surface area contributed by atoms with Gasteiger partial charge in [-0.3, -0.25) is 4.99 Å². The van der Waals surface area contributed by atoms with Gasteiger partial charge in [-0.1, -0.05) is 24.1 Å². The molecule has 1 aliphatic heterocycles. The number of pyridine rings is 1. The van der Waals surface area contributed by atoms with Crippen LogP contribution in [-0.4, -0.2) is 45.8 Å². The van der Waals surface area contributed by atoms with Crippen LogP contribution in [0.1, 0.15) is 36.5 Å². The Kier molecular flexibility index (Phi) is 6.82. The molecule has 26 heavy (non-hydrogen) atoms. The number of hydrogen-bond acceptors (Lipinski definition) is 4. The molecular formula is C18H26ClN7. The van der Waals surface area contributed by atoms with Crippen LogP contribution in [0, 0.1) is 0 Å². The summed E-state index contributed by atoms with van der Waals surface area (Å²) in [5.74, 6) is 3.00. The van der Waals surface area contributed by atoms with E-state index in [2.05, 4.69) is 35.4 Å². The Bertz CT molecular complexity index is 724. The highest BCUT2D eigenvalue weighted by molar-refractivity contribution is 6.29. The Balaban J connectivity index is 1.42. The Morgan fingerprint density at radius 3 is 2.77 bits per heavy atom. The summed E-state index contributed by atoms with van der Waals surface area (Å²) >= 11 is 5.80. The molecule has 140 valence electrons. The highest BCUT2D eigenvalue weighted by Crippen LogP contribution is 2.14. The lowest BCUT2D eigenvalue weighted by molar-refractivity contribution is 0.600. The van der Waals surface area contributed by atoms with Crippen molar-refractivity contribution in [2.75, 3.05) is 20.1 Å². The molecule has 0 aromatic carbocycles. The Labute approximate surface area is 159 Å². The molecule has 7 nitrogen and oxygen atoms in total. The molecule has 2 aromatic rings. The highest BCUT2D eigenvalue weighted by Gasteiger charge is 2.14. The number of rotatable bonds is 6. The van der Waals surface area contributed by atoms with Crippen molar-refractivity contribution in [3.8, 4) is 0 Å². The minimum atomic E-state index is 0.519. The Hall–Kier alpha value is -2.15. The average Bonchev–Trinajstić information content (AvgIpc) is 2.88. The van der Waals surface area contributed by atoms with Gasteiger partial charge in [-0.2, -0.15) is 0 Å². The molecule has 2 N–H and O–H groups in total. The zero-order valence-corrected chi connectivity index (χ0v) is 16.0. The van der Waals surface area contributed by atoms with Crippen molar-refractivity contribution < 1.29 is 0 Å². The number of fused-ring (bicyclic) bond motifs is 1. The van der Waals surface area contributed by atoms with E-state index in [0.717, 1.165) is 62.1 Å². The van der Waals surface area contributed by atoms with Gasteiger partial charge in [0.25, 0.3) is 0 Å². The summed E-state index contributed by atoms with van der Waals surface area (Å²) in [4.78, 5) is 8.36. The molecule has 0 saturated heterocycles. The SMILES string of the molecule is CN=C(NCCc1ccc(Cl)nc1)NCCc1nnc2n1CCCCC2. The van der Waals surface area contributed by atoms with Crippen LogP contribution in [0.3, 0.4) is 0 Å². The fraction of sp³-hybridized carbons (Fsp3) is 0.556. The van der Waals surface area contributed by atoms with E-state index in [9.17, 15) is 0 Å². The summed E-state index contributed by atoms with van der Waals surface area (Å²) < 4.78 is 2.29. The van der Waals surface area contributed by atoms with Crippen LogP contribution in [0.25, 0.3) is 0 Å². The molecule has 8 heteroatoms. The first kappa shape index (κ1) is 18.6. The molecule has 3 heterocycles. The third-order valence-corrected chi connectivity index (χ3v) is 4.77. The molecule has 2 aromatic heterocycles.